The first-order valence-electron chi connectivity index (χ1n) is 5.83. The Balaban J connectivity index is 2.18. The quantitative estimate of drug-likeness (QED) is 0.806. The monoisotopic (exact) mass is 308 g/mol. The van der Waals surface area contributed by atoms with Crippen LogP contribution in [0.5, 0.6) is 0 Å². The van der Waals surface area contributed by atoms with E-state index in [2.05, 4.69) is 10.6 Å². The molecule has 0 aliphatic carbocycles. The summed E-state index contributed by atoms with van der Waals surface area (Å²) in [6.45, 7) is 0. The Labute approximate surface area is 124 Å². The van der Waals surface area contributed by atoms with Crippen LogP contribution in [0.3, 0.4) is 0 Å². The zero-order chi connectivity index (χ0) is 15.4. The molecule has 0 fully saturated rings. The van der Waals surface area contributed by atoms with Gasteiger partial charge >= 0.3 is 12.0 Å². The maximum absolute atomic E-state index is 13.5. The molecule has 2 aromatic carbocycles. The van der Waals surface area contributed by atoms with Gasteiger partial charge in [-0.1, -0.05) is 29.8 Å². The first kappa shape index (κ1) is 14.8. The van der Waals surface area contributed by atoms with E-state index in [0.29, 0.717) is 0 Å². The van der Waals surface area contributed by atoms with E-state index in [1.807, 2.05) is 0 Å². The largest absolute Gasteiger partial charge is 0.478 e. The summed E-state index contributed by atoms with van der Waals surface area (Å²) < 4.78 is 13.5. The standard InChI is InChI=1S/C14H10ClFN2O3/c15-9-5-3-6-10(16)12(9)18-14(21)17-11-7-2-1-4-8(11)13(19)20/h1-7H,(H,19,20)(H2,17,18,21). The molecule has 2 aromatic rings. The van der Waals surface area contributed by atoms with Gasteiger partial charge in [0.05, 0.1) is 22.0 Å². The molecule has 5 nitrogen and oxygen atoms in total. The number of hydrogen-bond acceptors (Lipinski definition) is 2. The molecular formula is C14H10ClFN2O3. The van der Waals surface area contributed by atoms with Crippen molar-refractivity contribution in [2.45, 2.75) is 0 Å². The molecule has 7 heteroatoms. The molecule has 0 saturated carbocycles. The summed E-state index contributed by atoms with van der Waals surface area (Å²) >= 11 is 5.78. The van der Waals surface area contributed by atoms with E-state index >= 15 is 0 Å². The Kier molecular flexibility index (Phi) is 4.39. The van der Waals surface area contributed by atoms with Gasteiger partial charge in [0.1, 0.15) is 5.82 Å². The molecule has 0 unspecified atom stereocenters. The van der Waals surface area contributed by atoms with E-state index in [9.17, 15) is 14.0 Å². The maximum atomic E-state index is 13.5. The highest BCUT2D eigenvalue weighted by Crippen LogP contribution is 2.25. The predicted octanol–water partition coefficient (Wildman–Crippen LogP) is 3.82. The molecule has 2 amide bonds. The molecule has 3 N–H and O–H groups in total. The normalized spacial score (nSPS) is 10.0. The van der Waals surface area contributed by atoms with Crippen LogP contribution in [0.4, 0.5) is 20.6 Å². The summed E-state index contributed by atoms with van der Waals surface area (Å²) in [5.74, 6) is -1.88. The lowest BCUT2D eigenvalue weighted by atomic mass is 10.2. The van der Waals surface area contributed by atoms with Crippen molar-refractivity contribution >= 4 is 35.0 Å². The summed E-state index contributed by atoms with van der Waals surface area (Å²) in [7, 11) is 0. The Bertz CT molecular complexity index is 686. The van der Waals surface area contributed by atoms with Crippen LogP contribution < -0.4 is 10.6 Å². The number of aromatic carboxylic acids is 1. The van der Waals surface area contributed by atoms with Crippen LogP contribution >= 0.6 is 11.6 Å². The Morgan fingerprint density at radius 2 is 1.76 bits per heavy atom. The molecule has 108 valence electrons. The fourth-order valence-corrected chi connectivity index (χ4v) is 1.87. The van der Waals surface area contributed by atoms with Gasteiger partial charge in [-0.2, -0.15) is 0 Å². The van der Waals surface area contributed by atoms with Gasteiger partial charge in [-0.05, 0) is 24.3 Å². The number of rotatable bonds is 3. The van der Waals surface area contributed by atoms with Crippen LogP contribution in [-0.4, -0.2) is 17.1 Å². The number of amides is 2. The zero-order valence-electron chi connectivity index (χ0n) is 10.6. The average molecular weight is 309 g/mol. The van der Waals surface area contributed by atoms with E-state index in [0.717, 1.165) is 6.07 Å². The Hall–Kier alpha value is -2.60. The summed E-state index contributed by atoms with van der Waals surface area (Å²) in [6, 6.07) is 9.03. The molecule has 0 spiro atoms. The van der Waals surface area contributed by atoms with Crippen molar-refractivity contribution in [2.75, 3.05) is 10.6 Å². The van der Waals surface area contributed by atoms with Crippen LogP contribution in [0, 0.1) is 5.82 Å². The van der Waals surface area contributed by atoms with Crippen molar-refractivity contribution in [1.29, 1.82) is 0 Å². The predicted molar refractivity (Wildman–Crippen MR) is 77.5 cm³/mol. The minimum atomic E-state index is -1.19. The number of urea groups is 1. The van der Waals surface area contributed by atoms with Crippen molar-refractivity contribution in [1.82, 2.24) is 0 Å². The third-order valence-corrected chi connectivity index (χ3v) is 2.92. The van der Waals surface area contributed by atoms with Crippen molar-refractivity contribution < 1.29 is 19.1 Å². The van der Waals surface area contributed by atoms with Gasteiger partial charge in [-0.15, -0.1) is 0 Å². The number of halogens is 2. The van der Waals surface area contributed by atoms with E-state index < -0.39 is 17.8 Å². The number of carbonyl (C=O) groups excluding carboxylic acids is 1. The van der Waals surface area contributed by atoms with Crippen molar-refractivity contribution in [3.63, 3.8) is 0 Å². The Morgan fingerprint density at radius 1 is 1.05 bits per heavy atom. The number of hydrogen-bond donors (Lipinski definition) is 3. The number of para-hydroxylation sites is 2. The van der Waals surface area contributed by atoms with E-state index in [4.69, 9.17) is 16.7 Å². The Morgan fingerprint density at radius 3 is 2.43 bits per heavy atom. The third kappa shape index (κ3) is 3.49. The topological polar surface area (TPSA) is 78.4 Å². The summed E-state index contributed by atoms with van der Waals surface area (Å²) in [4.78, 5) is 22.8. The minimum absolute atomic E-state index is 0.0386. The van der Waals surface area contributed by atoms with Gasteiger partial charge in [-0.3, -0.25) is 0 Å². The lowest BCUT2D eigenvalue weighted by molar-refractivity contribution is 0.0698. The van der Waals surface area contributed by atoms with E-state index in [-0.39, 0.29) is 22.0 Å². The lowest BCUT2D eigenvalue weighted by Crippen LogP contribution is -2.21. The van der Waals surface area contributed by atoms with Crippen molar-refractivity contribution in [3.8, 4) is 0 Å². The second-order valence-corrected chi connectivity index (χ2v) is 4.43. The molecule has 0 bridgehead atoms. The summed E-state index contributed by atoms with van der Waals surface area (Å²) in [6.07, 6.45) is 0. The first-order valence-corrected chi connectivity index (χ1v) is 6.21. The molecule has 21 heavy (non-hydrogen) atoms. The number of carboxylic acid groups (broad SMARTS) is 1. The molecular weight excluding hydrogens is 299 g/mol. The van der Waals surface area contributed by atoms with Gasteiger partial charge in [0, 0.05) is 0 Å². The first-order chi connectivity index (χ1) is 9.99. The fourth-order valence-electron chi connectivity index (χ4n) is 1.66. The van der Waals surface area contributed by atoms with Crippen LogP contribution in [0.15, 0.2) is 42.5 Å². The maximum Gasteiger partial charge on any atom is 0.337 e. The van der Waals surface area contributed by atoms with Gasteiger partial charge in [0.15, 0.2) is 0 Å². The van der Waals surface area contributed by atoms with E-state index in [1.54, 1.807) is 6.07 Å². The number of benzene rings is 2. The zero-order valence-corrected chi connectivity index (χ0v) is 11.3. The molecule has 0 aromatic heterocycles. The highest BCUT2D eigenvalue weighted by atomic mass is 35.5. The molecule has 2 rings (SSSR count). The number of anilines is 2. The highest BCUT2D eigenvalue weighted by Gasteiger charge is 2.14. The van der Waals surface area contributed by atoms with Crippen LogP contribution in [0.25, 0.3) is 0 Å². The second-order valence-electron chi connectivity index (χ2n) is 4.03. The third-order valence-electron chi connectivity index (χ3n) is 2.61. The van der Waals surface area contributed by atoms with Crippen molar-refractivity contribution in [2.24, 2.45) is 0 Å². The summed E-state index contributed by atoms with van der Waals surface area (Å²) in [5.41, 5.74) is -0.160. The minimum Gasteiger partial charge on any atom is -0.478 e. The molecule has 0 aliphatic rings. The van der Waals surface area contributed by atoms with E-state index in [1.165, 1.54) is 30.3 Å². The van der Waals surface area contributed by atoms with Crippen LogP contribution in [-0.2, 0) is 0 Å². The molecule has 0 atom stereocenters. The smallest absolute Gasteiger partial charge is 0.337 e. The lowest BCUT2D eigenvalue weighted by Gasteiger charge is -2.11. The molecule has 0 saturated heterocycles. The van der Waals surface area contributed by atoms with Gasteiger partial charge < -0.3 is 15.7 Å². The number of carbonyl (C=O) groups is 2. The highest BCUT2D eigenvalue weighted by molar-refractivity contribution is 6.33. The number of nitrogens with one attached hydrogen (secondary N) is 2. The van der Waals surface area contributed by atoms with Crippen molar-refractivity contribution in [3.05, 3.63) is 58.9 Å². The van der Waals surface area contributed by atoms with Crippen LogP contribution in [0.1, 0.15) is 10.4 Å². The molecule has 0 heterocycles. The molecule has 0 aliphatic heterocycles. The van der Waals surface area contributed by atoms with Gasteiger partial charge in [0.25, 0.3) is 0 Å². The average Bonchev–Trinajstić information content (AvgIpc) is 2.43. The fraction of sp³-hybridized carbons (Fsp3) is 0. The number of carboxylic acids is 1. The van der Waals surface area contributed by atoms with Gasteiger partial charge in [0.2, 0.25) is 0 Å². The van der Waals surface area contributed by atoms with Crippen LogP contribution in [0.2, 0.25) is 5.02 Å². The van der Waals surface area contributed by atoms with Gasteiger partial charge in [-0.25, -0.2) is 14.0 Å². The second kappa shape index (κ2) is 6.23. The SMILES string of the molecule is O=C(Nc1ccccc1C(=O)O)Nc1c(F)cccc1Cl. The molecule has 0 radical (unpaired) electrons. The summed E-state index contributed by atoms with van der Waals surface area (Å²) in [5, 5.41) is 13.6.